The minimum Gasteiger partial charge on any atom is -0.462 e. The number of rotatable bonds is 18. The molecule has 0 saturated heterocycles. The average Bonchev–Trinajstić information content (AvgIpc) is 3.42. The second-order valence-corrected chi connectivity index (χ2v) is 13.6. The minimum atomic E-state index is -1.84. The molecule has 2 amide bonds. The van der Waals surface area contributed by atoms with Gasteiger partial charge in [-0.3, -0.25) is 9.59 Å². The van der Waals surface area contributed by atoms with Crippen LogP contribution in [-0.4, -0.2) is 60.0 Å². The van der Waals surface area contributed by atoms with Crippen LogP contribution in [-0.2, 0) is 21.3 Å². The molecule has 0 saturated carbocycles. The number of carbonyl (C=O) groups excluding carboxylic acids is 4. The Morgan fingerprint density at radius 2 is 1.47 bits per heavy atom. The zero-order valence-electron chi connectivity index (χ0n) is 30.4. The highest BCUT2D eigenvalue weighted by Gasteiger charge is 2.35. The molecule has 0 bridgehead atoms. The summed E-state index contributed by atoms with van der Waals surface area (Å²) in [5, 5.41) is 4.86. The number of nitrogens with one attached hydrogen (secondary N) is 1. The van der Waals surface area contributed by atoms with Crippen LogP contribution in [0, 0.1) is 6.92 Å². The van der Waals surface area contributed by atoms with Crippen molar-refractivity contribution in [1.29, 1.82) is 0 Å². The number of esters is 1. The number of nitrogens with zero attached hydrogens (tertiary/aromatic N) is 2. The predicted octanol–water partition coefficient (Wildman–Crippen LogP) is 9.77. The number of unbranched alkanes of at least 4 members (excludes halogenated alkanes) is 9. The van der Waals surface area contributed by atoms with Crippen LogP contribution >= 0.6 is 11.6 Å². The summed E-state index contributed by atoms with van der Waals surface area (Å²) in [7, 11) is 4.74. The molecule has 1 aromatic heterocycles. The fraction of sp³-hybridized carbons (Fsp3) is 0.415. The van der Waals surface area contributed by atoms with Gasteiger partial charge < -0.3 is 24.3 Å². The molecule has 4 rings (SSSR count). The van der Waals surface area contributed by atoms with Crippen LogP contribution in [0.25, 0.3) is 22.0 Å². The summed E-state index contributed by atoms with van der Waals surface area (Å²) in [6.45, 7) is 4.27. The molecule has 272 valence electrons. The van der Waals surface area contributed by atoms with Crippen LogP contribution in [0.5, 0.6) is 0 Å². The van der Waals surface area contributed by atoms with E-state index < -0.39 is 29.9 Å². The van der Waals surface area contributed by atoms with E-state index in [0.29, 0.717) is 5.69 Å². The first-order valence-corrected chi connectivity index (χ1v) is 18.2. The van der Waals surface area contributed by atoms with Crippen molar-refractivity contribution >= 4 is 51.8 Å². The van der Waals surface area contributed by atoms with Gasteiger partial charge in [-0.2, -0.15) is 0 Å². The normalized spacial score (nSPS) is 11.6. The molecule has 9 nitrogen and oxygen atoms in total. The molecule has 0 radical (unpaired) electrons. The second kappa shape index (κ2) is 19.1. The zero-order chi connectivity index (χ0) is 36.9. The summed E-state index contributed by atoms with van der Waals surface area (Å²) in [6, 6.07) is 20.1. The molecular formula is C41H50ClN3O6. The number of hydrogen-bond donors (Lipinski definition) is 1. The van der Waals surface area contributed by atoms with Crippen LogP contribution < -0.4 is 5.32 Å². The molecule has 1 atom stereocenters. The van der Waals surface area contributed by atoms with Crippen molar-refractivity contribution in [3.05, 3.63) is 88.6 Å². The Bertz CT molecular complexity index is 1830. The van der Waals surface area contributed by atoms with Crippen LogP contribution in [0.3, 0.4) is 0 Å². The maximum absolute atomic E-state index is 14.0. The number of ether oxygens (including phenoxy) is 2. The summed E-state index contributed by atoms with van der Waals surface area (Å²) in [5.74, 6) is -2.17. The van der Waals surface area contributed by atoms with E-state index in [-0.39, 0.29) is 28.4 Å². The van der Waals surface area contributed by atoms with Gasteiger partial charge in [0.25, 0.3) is 5.91 Å². The predicted molar refractivity (Wildman–Crippen MR) is 204 cm³/mol. The summed E-state index contributed by atoms with van der Waals surface area (Å²) < 4.78 is 12.8. The average molecular weight is 716 g/mol. The zero-order valence-corrected chi connectivity index (χ0v) is 31.2. The van der Waals surface area contributed by atoms with Crippen molar-refractivity contribution in [3.8, 4) is 11.3 Å². The molecule has 0 aliphatic rings. The lowest BCUT2D eigenvalue weighted by molar-refractivity contribution is -0.122. The Labute approximate surface area is 306 Å². The largest absolute Gasteiger partial charge is 0.462 e. The van der Waals surface area contributed by atoms with Crippen molar-refractivity contribution < 1.29 is 28.7 Å². The monoisotopic (exact) mass is 715 g/mol. The van der Waals surface area contributed by atoms with Gasteiger partial charge in [0.15, 0.2) is 0 Å². The van der Waals surface area contributed by atoms with Gasteiger partial charge >= 0.3 is 12.1 Å². The van der Waals surface area contributed by atoms with Crippen LogP contribution in [0.15, 0.2) is 66.7 Å². The summed E-state index contributed by atoms with van der Waals surface area (Å²) in [6.07, 6.45) is 9.01. The Morgan fingerprint density at radius 3 is 2.14 bits per heavy atom. The van der Waals surface area contributed by atoms with Crippen molar-refractivity contribution in [2.75, 3.05) is 26.0 Å². The lowest BCUT2D eigenvalue weighted by Crippen LogP contribution is -2.41. The fourth-order valence-corrected chi connectivity index (χ4v) is 6.10. The molecule has 0 aliphatic heterocycles. The third kappa shape index (κ3) is 10.7. The maximum Gasteiger partial charge on any atom is 0.410 e. The molecule has 0 spiro atoms. The van der Waals surface area contributed by atoms with E-state index in [1.807, 2.05) is 54.1 Å². The summed E-state index contributed by atoms with van der Waals surface area (Å²) in [5.41, 5.74) is 2.72. The number of carbonyl (C=O) groups is 4. The minimum absolute atomic E-state index is 0.0791. The van der Waals surface area contributed by atoms with E-state index in [1.54, 1.807) is 13.0 Å². The number of Topliss-reactive ketones (excluding diaryl/α,β-unsaturated/α-hetero) is 1. The SMILES string of the molecule is CCCCCCCCCCCCOC(=O)c1ccc(Cl)c(NC(=O)C(OC(=O)N(C)C)C(=O)c2cc(-c3ccc4ccccc4c3)n(C)c2C)c1. The van der Waals surface area contributed by atoms with E-state index in [4.69, 9.17) is 21.1 Å². The number of fused-ring (bicyclic) bond motifs is 1. The molecule has 3 aromatic carbocycles. The van der Waals surface area contributed by atoms with Crippen molar-refractivity contribution in [3.63, 3.8) is 0 Å². The topological polar surface area (TPSA) is 107 Å². The smallest absolute Gasteiger partial charge is 0.410 e. The first-order chi connectivity index (χ1) is 24.5. The van der Waals surface area contributed by atoms with Gasteiger partial charge in [0, 0.05) is 38.1 Å². The van der Waals surface area contributed by atoms with Crippen LogP contribution in [0.1, 0.15) is 97.5 Å². The Kier molecular flexibility index (Phi) is 14.7. The number of amides is 2. The highest BCUT2D eigenvalue weighted by Crippen LogP contribution is 2.30. The molecule has 1 unspecified atom stereocenters. The molecule has 0 aliphatic carbocycles. The quantitative estimate of drug-likeness (QED) is 0.0476. The molecule has 1 N–H and O–H groups in total. The van der Waals surface area contributed by atoms with Crippen molar-refractivity contribution in [2.45, 2.75) is 84.2 Å². The number of hydrogen-bond acceptors (Lipinski definition) is 6. The van der Waals surface area contributed by atoms with Gasteiger partial charge in [-0.25, -0.2) is 9.59 Å². The molecule has 4 aromatic rings. The van der Waals surface area contributed by atoms with Crippen molar-refractivity contribution in [2.24, 2.45) is 7.05 Å². The van der Waals surface area contributed by atoms with Gasteiger partial charge in [-0.15, -0.1) is 0 Å². The Hall–Kier alpha value is -4.63. The summed E-state index contributed by atoms with van der Waals surface area (Å²) >= 11 is 6.41. The van der Waals surface area contributed by atoms with Gasteiger partial charge in [-0.05, 0) is 60.0 Å². The van der Waals surface area contributed by atoms with Crippen molar-refractivity contribution in [1.82, 2.24) is 9.47 Å². The Morgan fingerprint density at radius 1 is 0.824 bits per heavy atom. The number of aromatic nitrogens is 1. The van der Waals surface area contributed by atoms with E-state index in [0.717, 1.165) is 46.2 Å². The number of ketones is 1. The Balaban J connectivity index is 1.43. The molecule has 0 fully saturated rings. The highest BCUT2D eigenvalue weighted by atomic mass is 35.5. The van der Waals surface area contributed by atoms with E-state index in [1.165, 1.54) is 77.2 Å². The fourth-order valence-electron chi connectivity index (χ4n) is 5.93. The van der Waals surface area contributed by atoms with Crippen LogP contribution in [0.4, 0.5) is 10.5 Å². The molecular weight excluding hydrogens is 666 g/mol. The van der Waals surface area contributed by atoms with Gasteiger partial charge in [-0.1, -0.05) is 113 Å². The molecule has 10 heteroatoms. The standard InChI is InChI=1S/C41H50ClN3O6/c1-6-7-8-9-10-11-12-13-14-17-24-50-40(48)32-22-23-34(42)35(26-32)43-39(47)38(51-41(49)44(3)4)37(46)33-27-36(45(5)28(33)2)31-21-20-29-18-15-16-19-30(29)25-31/h15-16,18-23,25-27,38H,6-14,17,24H2,1-5H3,(H,43,47). The number of halogens is 1. The van der Waals surface area contributed by atoms with E-state index in [9.17, 15) is 19.2 Å². The maximum atomic E-state index is 14.0. The number of anilines is 1. The molecule has 51 heavy (non-hydrogen) atoms. The third-order valence-electron chi connectivity index (χ3n) is 9.10. The molecule has 1 heterocycles. The van der Waals surface area contributed by atoms with Gasteiger partial charge in [0.1, 0.15) is 0 Å². The van der Waals surface area contributed by atoms with Gasteiger partial charge in [0.2, 0.25) is 11.9 Å². The van der Waals surface area contributed by atoms with E-state index >= 15 is 0 Å². The first-order valence-electron chi connectivity index (χ1n) is 17.9. The highest BCUT2D eigenvalue weighted by molar-refractivity contribution is 6.34. The third-order valence-corrected chi connectivity index (χ3v) is 9.43. The van der Waals surface area contributed by atoms with Gasteiger partial charge in [0.05, 0.1) is 22.9 Å². The van der Waals surface area contributed by atoms with E-state index in [2.05, 4.69) is 12.2 Å². The van der Waals surface area contributed by atoms with Crippen LogP contribution in [0.2, 0.25) is 5.02 Å². The lowest BCUT2D eigenvalue weighted by atomic mass is 10.0. The lowest BCUT2D eigenvalue weighted by Gasteiger charge is -2.20. The first kappa shape index (κ1) is 39.2. The second-order valence-electron chi connectivity index (χ2n) is 13.2. The summed E-state index contributed by atoms with van der Waals surface area (Å²) in [4.78, 5) is 54.4. The number of benzene rings is 3.